The Kier molecular flexibility index (Phi) is 6.35. The summed E-state index contributed by atoms with van der Waals surface area (Å²) in [6.45, 7) is 2.83. The number of amides is 2. The molecule has 6 heteroatoms. The van der Waals surface area contributed by atoms with Crippen molar-refractivity contribution in [1.82, 2.24) is 15.6 Å². The Morgan fingerprint density at radius 2 is 2.11 bits per heavy atom. The Labute approximate surface area is 112 Å². The molecule has 0 unspecified atom stereocenters. The first-order valence-electron chi connectivity index (χ1n) is 6.28. The van der Waals surface area contributed by atoms with Crippen molar-refractivity contribution in [2.75, 3.05) is 6.54 Å². The number of hydrogen-bond acceptors (Lipinski definition) is 3. The zero-order valence-corrected chi connectivity index (χ0v) is 11.0. The quantitative estimate of drug-likeness (QED) is 0.648. The molecule has 0 saturated heterocycles. The minimum absolute atomic E-state index is 0.0601. The van der Waals surface area contributed by atoms with Crippen LogP contribution in [0.3, 0.4) is 0 Å². The Bertz CT molecular complexity index is 435. The first-order chi connectivity index (χ1) is 9.13. The molecule has 0 atom stereocenters. The lowest BCUT2D eigenvalue weighted by Gasteiger charge is -2.09. The summed E-state index contributed by atoms with van der Waals surface area (Å²) in [6.07, 6.45) is 4.84. The Hall–Kier alpha value is -2.11. The molecule has 0 spiro atoms. The molecule has 0 bridgehead atoms. The van der Waals surface area contributed by atoms with Crippen molar-refractivity contribution in [1.29, 1.82) is 0 Å². The maximum absolute atomic E-state index is 11.5. The van der Waals surface area contributed by atoms with E-state index in [0.29, 0.717) is 19.5 Å². The fourth-order valence-corrected chi connectivity index (χ4v) is 1.63. The third-order valence-corrected chi connectivity index (χ3v) is 2.68. The van der Waals surface area contributed by atoms with Crippen molar-refractivity contribution in [2.24, 2.45) is 0 Å². The largest absolute Gasteiger partial charge is 0.481 e. The third-order valence-electron chi connectivity index (χ3n) is 2.68. The third kappa shape index (κ3) is 5.85. The average molecular weight is 265 g/mol. The van der Waals surface area contributed by atoms with Gasteiger partial charge in [0, 0.05) is 31.9 Å². The molecule has 2 amide bonds. The molecule has 1 rings (SSSR count). The number of carboxylic acids is 1. The number of rotatable bonds is 7. The summed E-state index contributed by atoms with van der Waals surface area (Å²) in [7, 11) is 0. The van der Waals surface area contributed by atoms with Crippen LogP contribution in [0.1, 0.15) is 30.9 Å². The van der Waals surface area contributed by atoms with Crippen LogP contribution in [-0.2, 0) is 17.8 Å². The number of carbonyl (C=O) groups excluding carboxylic acids is 1. The van der Waals surface area contributed by atoms with Crippen molar-refractivity contribution < 1.29 is 14.7 Å². The molecule has 0 aliphatic rings. The van der Waals surface area contributed by atoms with Crippen LogP contribution in [0.25, 0.3) is 0 Å². The van der Waals surface area contributed by atoms with Crippen LogP contribution >= 0.6 is 0 Å². The monoisotopic (exact) mass is 265 g/mol. The average Bonchev–Trinajstić information content (AvgIpc) is 2.41. The number of aryl methyl sites for hydroxylation is 1. The van der Waals surface area contributed by atoms with Gasteiger partial charge in [-0.05, 0) is 30.0 Å². The molecule has 0 aromatic carbocycles. The number of pyridine rings is 1. The first-order valence-corrected chi connectivity index (χ1v) is 6.28. The second-order valence-corrected chi connectivity index (χ2v) is 4.10. The van der Waals surface area contributed by atoms with E-state index in [1.165, 1.54) is 0 Å². The summed E-state index contributed by atoms with van der Waals surface area (Å²) >= 11 is 0. The van der Waals surface area contributed by atoms with E-state index in [1.54, 1.807) is 12.4 Å². The zero-order chi connectivity index (χ0) is 14.1. The Morgan fingerprint density at radius 3 is 2.79 bits per heavy atom. The smallest absolute Gasteiger partial charge is 0.315 e. The predicted molar refractivity (Wildman–Crippen MR) is 70.7 cm³/mol. The molecule has 3 N–H and O–H groups in total. The highest BCUT2D eigenvalue weighted by atomic mass is 16.4. The highest BCUT2D eigenvalue weighted by Crippen LogP contribution is 2.06. The van der Waals surface area contributed by atoms with Gasteiger partial charge in [-0.25, -0.2) is 4.79 Å². The van der Waals surface area contributed by atoms with Gasteiger partial charge in [-0.15, -0.1) is 0 Å². The fraction of sp³-hybridized carbons (Fsp3) is 0.462. The fourth-order valence-electron chi connectivity index (χ4n) is 1.63. The van der Waals surface area contributed by atoms with Crippen LogP contribution in [0.4, 0.5) is 4.79 Å². The van der Waals surface area contributed by atoms with Gasteiger partial charge in [0.1, 0.15) is 0 Å². The number of carboxylic acid groups (broad SMARTS) is 1. The van der Waals surface area contributed by atoms with Crippen molar-refractivity contribution in [3.8, 4) is 0 Å². The molecule has 19 heavy (non-hydrogen) atoms. The van der Waals surface area contributed by atoms with Gasteiger partial charge in [0.05, 0.1) is 0 Å². The summed E-state index contributed by atoms with van der Waals surface area (Å²) in [5, 5.41) is 13.8. The SMILES string of the molecule is CCc1cnccc1CNC(=O)NCCCC(=O)O. The van der Waals surface area contributed by atoms with E-state index in [1.807, 2.05) is 13.0 Å². The lowest BCUT2D eigenvalue weighted by Crippen LogP contribution is -2.35. The van der Waals surface area contributed by atoms with Crippen molar-refractivity contribution in [2.45, 2.75) is 32.7 Å². The van der Waals surface area contributed by atoms with Gasteiger partial charge < -0.3 is 15.7 Å². The highest BCUT2D eigenvalue weighted by Gasteiger charge is 2.04. The maximum atomic E-state index is 11.5. The molecule has 1 aromatic heterocycles. The van der Waals surface area contributed by atoms with Gasteiger partial charge >= 0.3 is 12.0 Å². The second kappa shape index (κ2) is 8.07. The number of nitrogens with one attached hydrogen (secondary N) is 2. The van der Waals surface area contributed by atoms with E-state index in [-0.39, 0.29) is 12.5 Å². The van der Waals surface area contributed by atoms with Crippen molar-refractivity contribution in [3.05, 3.63) is 29.6 Å². The Morgan fingerprint density at radius 1 is 1.32 bits per heavy atom. The predicted octanol–water partition coefficient (Wildman–Crippen LogP) is 1.31. The van der Waals surface area contributed by atoms with Gasteiger partial charge in [-0.2, -0.15) is 0 Å². The standard InChI is InChI=1S/C13H19N3O3/c1-2-10-8-14-7-5-11(10)9-16-13(19)15-6-3-4-12(17)18/h5,7-8H,2-4,6,9H2,1H3,(H,17,18)(H2,15,16,19). The molecule has 0 saturated carbocycles. The van der Waals surface area contributed by atoms with Crippen LogP contribution in [0.2, 0.25) is 0 Å². The maximum Gasteiger partial charge on any atom is 0.315 e. The molecule has 1 aromatic rings. The summed E-state index contributed by atoms with van der Waals surface area (Å²) in [5.74, 6) is -0.855. The van der Waals surface area contributed by atoms with Gasteiger partial charge in [-0.3, -0.25) is 9.78 Å². The topological polar surface area (TPSA) is 91.3 Å². The van der Waals surface area contributed by atoms with Gasteiger partial charge in [0.25, 0.3) is 0 Å². The molecular weight excluding hydrogens is 246 g/mol. The van der Waals surface area contributed by atoms with Gasteiger partial charge in [0.2, 0.25) is 0 Å². The molecule has 0 aliphatic carbocycles. The summed E-state index contributed by atoms with van der Waals surface area (Å²) < 4.78 is 0. The number of carbonyl (C=O) groups is 2. The van der Waals surface area contributed by atoms with E-state index in [2.05, 4.69) is 15.6 Å². The number of aromatic nitrogens is 1. The van der Waals surface area contributed by atoms with Crippen LogP contribution in [-0.4, -0.2) is 28.6 Å². The molecule has 104 valence electrons. The van der Waals surface area contributed by atoms with E-state index in [4.69, 9.17) is 5.11 Å². The number of aliphatic carboxylic acids is 1. The minimum atomic E-state index is -0.855. The second-order valence-electron chi connectivity index (χ2n) is 4.10. The molecule has 1 heterocycles. The normalized spacial score (nSPS) is 9.95. The molecule has 6 nitrogen and oxygen atoms in total. The molecule has 0 aliphatic heterocycles. The Balaban J connectivity index is 2.28. The van der Waals surface area contributed by atoms with Gasteiger partial charge in [0.15, 0.2) is 0 Å². The lowest BCUT2D eigenvalue weighted by molar-refractivity contribution is -0.137. The lowest BCUT2D eigenvalue weighted by atomic mass is 10.1. The van der Waals surface area contributed by atoms with Crippen molar-refractivity contribution in [3.63, 3.8) is 0 Å². The van der Waals surface area contributed by atoms with Crippen LogP contribution in [0, 0.1) is 0 Å². The molecular formula is C13H19N3O3. The summed E-state index contributed by atoms with van der Waals surface area (Å²) in [5.41, 5.74) is 2.15. The van der Waals surface area contributed by atoms with E-state index >= 15 is 0 Å². The van der Waals surface area contributed by atoms with E-state index < -0.39 is 5.97 Å². The number of hydrogen-bond donors (Lipinski definition) is 3. The highest BCUT2D eigenvalue weighted by molar-refractivity contribution is 5.74. The van der Waals surface area contributed by atoms with Crippen LogP contribution in [0.5, 0.6) is 0 Å². The van der Waals surface area contributed by atoms with Gasteiger partial charge in [-0.1, -0.05) is 6.92 Å². The minimum Gasteiger partial charge on any atom is -0.481 e. The molecule has 0 fully saturated rings. The summed E-state index contributed by atoms with van der Waals surface area (Å²) in [6, 6.07) is 1.59. The number of urea groups is 1. The zero-order valence-electron chi connectivity index (χ0n) is 11.0. The van der Waals surface area contributed by atoms with E-state index in [9.17, 15) is 9.59 Å². The van der Waals surface area contributed by atoms with E-state index in [0.717, 1.165) is 17.5 Å². The molecule has 0 radical (unpaired) electrons. The first kappa shape index (κ1) is 14.9. The van der Waals surface area contributed by atoms with Crippen LogP contribution in [0.15, 0.2) is 18.5 Å². The van der Waals surface area contributed by atoms with Crippen molar-refractivity contribution >= 4 is 12.0 Å². The summed E-state index contributed by atoms with van der Waals surface area (Å²) in [4.78, 5) is 25.8. The number of nitrogens with zero attached hydrogens (tertiary/aromatic N) is 1. The van der Waals surface area contributed by atoms with Crippen LogP contribution < -0.4 is 10.6 Å².